The van der Waals surface area contributed by atoms with Crippen LogP contribution in [0.5, 0.6) is 0 Å². The van der Waals surface area contributed by atoms with Crippen LogP contribution in [0.1, 0.15) is 29.3 Å². The van der Waals surface area contributed by atoms with E-state index in [0.29, 0.717) is 49.2 Å². The summed E-state index contributed by atoms with van der Waals surface area (Å²) in [5, 5.41) is 20.1. The summed E-state index contributed by atoms with van der Waals surface area (Å²) in [6, 6.07) is 15.6. The number of H-pyrrole nitrogens is 1. The monoisotopic (exact) mass is 446 g/mol. The van der Waals surface area contributed by atoms with Gasteiger partial charge < -0.3 is 14.3 Å². The fraction of sp³-hybridized carbons (Fsp3) is 0.261. The zero-order valence-corrected chi connectivity index (χ0v) is 18.0. The number of carbonyl (C=O) groups excluding carboxylic acids is 1. The zero-order valence-electron chi connectivity index (χ0n) is 18.0. The first-order valence-corrected chi connectivity index (χ1v) is 10.7. The van der Waals surface area contributed by atoms with Gasteiger partial charge in [-0.05, 0) is 31.2 Å². The number of nitro benzene ring substituents is 1. The van der Waals surface area contributed by atoms with Crippen LogP contribution < -0.4 is 0 Å². The van der Waals surface area contributed by atoms with Gasteiger partial charge in [-0.1, -0.05) is 18.2 Å². The number of rotatable bonds is 5. The molecule has 2 aromatic carbocycles. The molecule has 1 saturated heterocycles. The molecule has 1 unspecified atom stereocenters. The van der Waals surface area contributed by atoms with E-state index in [1.54, 1.807) is 12.1 Å². The van der Waals surface area contributed by atoms with E-state index in [9.17, 15) is 14.9 Å². The topological polar surface area (TPSA) is 121 Å². The molecule has 1 amide bonds. The van der Waals surface area contributed by atoms with Crippen LogP contribution in [0, 0.1) is 10.1 Å². The van der Waals surface area contributed by atoms with E-state index in [0.717, 1.165) is 10.9 Å². The molecule has 0 aliphatic carbocycles. The highest BCUT2D eigenvalue weighted by atomic mass is 16.6. The lowest BCUT2D eigenvalue weighted by molar-refractivity contribution is -0.384. The fourth-order valence-corrected chi connectivity index (χ4v) is 4.07. The molecule has 5 rings (SSSR count). The Labute approximate surface area is 189 Å². The Morgan fingerprint density at radius 1 is 1.09 bits per heavy atom. The summed E-state index contributed by atoms with van der Waals surface area (Å²) in [5.41, 5.74) is 2.18. The SMILES string of the molecule is CC(c1nnc(-c2ccc([N+](=O)[O-])cc2)o1)N1CCN(C(=O)c2cc3ccccc3[nH]2)CC1. The van der Waals surface area contributed by atoms with Crippen molar-refractivity contribution in [3.05, 3.63) is 76.3 Å². The van der Waals surface area contributed by atoms with E-state index in [1.165, 1.54) is 12.1 Å². The molecule has 1 aliphatic heterocycles. The fourth-order valence-electron chi connectivity index (χ4n) is 4.07. The van der Waals surface area contributed by atoms with Crippen molar-refractivity contribution in [2.45, 2.75) is 13.0 Å². The van der Waals surface area contributed by atoms with E-state index >= 15 is 0 Å². The van der Waals surface area contributed by atoms with Crippen molar-refractivity contribution in [1.82, 2.24) is 25.0 Å². The highest BCUT2D eigenvalue weighted by Crippen LogP contribution is 2.26. The van der Waals surface area contributed by atoms with Crippen LogP contribution in [0.2, 0.25) is 0 Å². The largest absolute Gasteiger partial charge is 0.419 e. The van der Waals surface area contributed by atoms with Crippen molar-refractivity contribution >= 4 is 22.5 Å². The van der Waals surface area contributed by atoms with E-state index in [2.05, 4.69) is 20.1 Å². The van der Waals surface area contributed by atoms with Gasteiger partial charge in [-0.15, -0.1) is 10.2 Å². The quantitative estimate of drug-likeness (QED) is 0.367. The molecule has 168 valence electrons. The van der Waals surface area contributed by atoms with Crippen LogP contribution in [-0.4, -0.2) is 62.0 Å². The molecule has 0 spiro atoms. The van der Waals surface area contributed by atoms with Crippen LogP contribution in [0.3, 0.4) is 0 Å². The minimum atomic E-state index is -0.451. The normalized spacial score (nSPS) is 15.6. The van der Waals surface area contributed by atoms with Crippen molar-refractivity contribution in [2.75, 3.05) is 26.2 Å². The van der Waals surface area contributed by atoms with E-state index < -0.39 is 4.92 Å². The van der Waals surface area contributed by atoms with Gasteiger partial charge in [-0.25, -0.2) is 0 Å². The van der Waals surface area contributed by atoms with Crippen LogP contribution in [0.4, 0.5) is 5.69 Å². The Kier molecular flexibility index (Phi) is 5.35. The standard InChI is InChI=1S/C23H22N6O4/c1-15(21-25-26-22(33-21)16-6-8-18(9-7-16)29(31)32)27-10-12-28(13-11-27)23(30)20-14-17-4-2-3-5-19(17)24-20/h2-9,14-15,24H,10-13H2,1H3. The van der Waals surface area contributed by atoms with Crippen molar-refractivity contribution in [2.24, 2.45) is 0 Å². The average Bonchev–Trinajstić information content (AvgIpc) is 3.51. The first-order chi connectivity index (χ1) is 16.0. The van der Waals surface area contributed by atoms with Crippen molar-refractivity contribution in [1.29, 1.82) is 0 Å². The van der Waals surface area contributed by atoms with Gasteiger partial charge in [0.05, 0.1) is 11.0 Å². The van der Waals surface area contributed by atoms with Crippen LogP contribution in [0.15, 0.2) is 59.0 Å². The Hall–Kier alpha value is -4.05. The van der Waals surface area contributed by atoms with Crippen molar-refractivity contribution in [3.63, 3.8) is 0 Å². The maximum absolute atomic E-state index is 12.9. The molecule has 1 fully saturated rings. The number of aromatic amines is 1. The second-order valence-electron chi connectivity index (χ2n) is 8.02. The zero-order chi connectivity index (χ0) is 22.9. The van der Waals surface area contributed by atoms with Gasteiger partial charge in [0, 0.05) is 54.8 Å². The summed E-state index contributed by atoms with van der Waals surface area (Å²) >= 11 is 0. The summed E-state index contributed by atoms with van der Waals surface area (Å²) in [5.74, 6) is 0.787. The number of carbonyl (C=O) groups is 1. The van der Waals surface area contributed by atoms with Crippen LogP contribution in [0.25, 0.3) is 22.4 Å². The summed E-state index contributed by atoms with van der Waals surface area (Å²) < 4.78 is 5.84. The molecule has 0 saturated carbocycles. The molecule has 2 aromatic heterocycles. The number of benzene rings is 2. The third-order valence-electron chi connectivity index (χ3n) is 6.03. The number of aromatic nitrogens is 3. The van der Waals surface area contributed by atoms with Gasteiger partial charge in [0.15, 0.2) is 0 Å². The molecule has 4 aromatic rings. The Bertz CT molecular complexity index is 1270. The Balaban J connectivity index is 1.22. The first kappa shape index (κ1) is 20.8. The second-order valence-corrected chi connectivity index (χ2v) is 8.02. The van der Waals surface area contributed by atoms with E-state index in [1.807, 2.05) is 42.2 Å². The third kappa shape index (κ3) is 4.08. The number of nitrogens with one attached hydrogen (secondary N) is 1. The maximum atomic E-state index is 12.9. The summed E-state index contributed by atoms with van der Waals surface area (Å²) in [7, 11) is 0. The maximum Gasteiger partial charge on any atom is 0.270 e. The van der Waals surface area contributed by atoms with Gasteiger partial charge >= 0.3 is 0 Å². The Morgan fingerprint density at radius 3 is 2.52 bits per heavy atom. The summed E-state index contributed by atoms with van der Waals surface area (Å²) in [4.78, 5) is 30.6. The lowest BCUT2D eigenvalue weighted by atomic mass is 10.2. The number of nitro groups is 1. The van der Waals surface area contributed by atoms with Crippen molar-refractivity contribution in [3.8, 4) is 11.5 Å². The number of hydrogen-bond acceptors (Lipinski definition) is 7. The highest BCUT2D eigenvalue weighted by molar-refractivity contribution is 5.98. The number of amides is 1. The predicted molar refractivity (Wildman–Crippen MR) is 121 cm³/mol. The lowest BCUT2D eigenvalue weighted by Crippen LogP contribution is -2.49. The summed E-state index contributed by atoms with van der Waals surface area (Å²) in [6.07, 6.45) is 0. The molecule has 10 nitrogen and oxygen atoms in total. The molecular formula is C23H22N6O4. The third-order valence-corrected chi connectivity index (χ3v) is 6.03. The van der Waals surface area contributed by atoms with Gasteiger partial charge in [0.2, 0.25) is 11.8 Å². The Morgan fingerprint density at radius 2 is 1.82 bits per heavy atom. The minimum Gasteiger partial charge on any atom is -0.419 e. The van der Waals surface area contributed by atoms with Crippen LogP contribution >= 0.6 is 0 Å². The molecule has 1 aliphatic rings. The molecular weight excluding hydrogens is 424 g/mol. The number of non-ortho nitro benzene ring substituents is 1. The number of nitrogens with zero attached hydrogens (tertiary/aromatic N) is 5. The number of hydrogen-bond donors (Lipinski definition) is 1. The molecule has 1 atom stereocenters. The van der Waals surface area contributed by atoms with Crippen LogP contribution in [-0.2, 0) is 0 Å². The predicted octanol–water partition coefficient (Wildman–Crippen LogP) is 3.65. The van der Waals surface area contributed by atoms with Gasteiger partial charge in [0.1, 0.15) is 5.69 Å². The average molecular weight is 446 g/mol. The molecule has 33 heavy (non-hydrogen) atoms. The highest BCUT2D eigenvalue weighted by Gasteiger charge is 2.28. The first-order valence-electron chi connectivity index (χ1n) is 10.7. The molecule has 0 radical (unpaired) electrons. The van der Waals surface area contributed by atoms with E-state index in [-0.39, 0.29) is 17.6 Å². The molecule has 3 heterocycles. The number of fused-ring (bicyclic) bond motifs is 1. The smallest absolute Gasteiger partial charge is 0.270 e. The molecule has 1 N–H and O–H groups in total. The van der Waals surface area contributed by atoms with Crippen molar-refractivity contribution < 1.29 is 14.1 Å². The van der Waals surface area contributed by atoms with E-state index in [4.69, 9.17) is 4.42 Å². The van der Waals surface area contributed by atoms with Gasteiger partial charge in [-0.3, -0.25) is 19.8 Å². The number of para-hydroxylation sites is 1. The second kappa shape index (κ2) is 8.47. The number of piperazine rings is 1. The minimum absolute atomic E-state index is 0.00301. The molecule has 0 bridgehead atoms. The lowest BCUT2D eigenvalue weighted by Gasteiger charge is -2.36. The van der Waals surface area contributed by atoms with Gasteiger partial charge in [-0.2, -0.15) is 0 Å². The summed E-state index contributed by atoms with van der Waals surface area (Å²) in [6.45, 7) is 4.55. The van der Waals surface area contributed by atoms with Gasteiger partial charge in [0.25, 0.3) is 11.6 Å². The molecule has 10 heteroatoms.